The van der Waals surface area contributed by atoms with E-state index in [1.165, 1.54) is 0 Å². The third-order valence-electron chi connectivity index (χ3n) is 1.58. The zero-order valence-electron chi connectivity index (χ0n) is 9.67. The Hall–Kier alpha value is -0.820. The van der Waals surface area contributed by atoms with Crippen molar-refractivity contribution in [3.8, 4) is 0 Å². The molecule has 0 aliphatic carbocycles. The average Bonchev–Trinajstić information content (AvgIpc) is 2.11. The van der Waals surface area contributed by atoms with E-state index in [2.05, 4.69) is 42.2 Å². The van der Waals surface area contributed by atoms with Crippen molar-refractivity contribution < 1.29 is 9.53 Å². The van der Waals surface area contributed by atoms with Gasteiger partial charge < -0.3 is 10.5 Å². The summed E-state index contributed by atoms with van der Waals surface area (Å²) in [5.74, 6) is 0.610. The number of carbonyl (C=O) groups is 1. The third-order valence-corrected chi connectivity index (χ3v) is 2.82. The summed E-state index contributed by atoms with van der Waals surface area (Å²) < 4.78 is 6.37. The highest BCUT2D eigenvalue weighted by atomic mass is 79.9. The van der Waals surface area contributed by atoms with E-state index in [9.17, 15) is 4.79 Å². The third kappa shape index (κ3) is 4.51. The molecule has 0 saturated heterocycles. The standard InChI is InChI=1S/C10H13Br2N3O2/c1-10(2,3)17-9(16)15-8-6(12)4-5(11)7(13)14-8/h4H,1-3H3,(H3,13,14,15,16). The maximum atomic E-state index is 11.5. The van der Waals surface area contributed by atoms with Gasteiger partial charge in [0.2, 0.25) is 0 Å². The highest BCUT2D eigenvalue weighted by molar-refractivity contribution is 9.11. The van der Waals surface area contributed by atoms with Crippen molar-refractivity contribution >= 4 is 49.6 Å². The number of aromatic nitrogens is 1. The fourth-order valence-electron chi connectivity index (χ4n) is 0.969. The normalized spacial score (nSPS) is 11.1. The van der Waals surface area contributed by atoms with Crippen molar-refractivity contribution in [3.05, 3.63) is 15.0 Å². The van der Waals surface area contributed by atoms with E-state index in [1.807, 2.05) is 0 Å². The molecule has 5 nitrogen and oxygen atoms in total. The molecule has 94 valence electrons. The molecule has 0 aromatic carbocycles. The van der Waals surface area contributed by atoms with Gasteiger partial charge in [0.05, 0.1) is 8.95 Å². The smallest absolute Gasteiger partial charge is 0.413 e. The second-order valence-corrected chi connectivity index (χ2v) is 6.02. The summed E-state index contributed by atoms with van der Waals surface area (Å²) in [5, 5.41) is 2.51. The Morgan fingerprint density at radius 3 is 2.53 bits per heavy atom. The van der Waals surface area contributed by atoms with Crippen LogP contribution in [0.5, 0.6) is 0 Å². The van der Waals surface area contributed by atoms with Gasteiger partial charge in [-0.05, 0) is 58.7 Å². The summed E-state index contributed by atoms with van der Waals surface area (Å²) in [6.07, 6.45) is -0.576. The van der Waals surface area contributed by atoms with Gasteiger partial charge in [0.15, 0.2) is 5.82 Å². The van der Waals surface area contributed by atoms with E-state index < -0.39 is 11.7 Å². The predicted molar refractivity (Wildman–Crippen MR) is 73.9 cm³/mol. The molecule has 7 heteroatoms. The quantitative estimate of drug-likeness (QED) is 0.796. The van der Waals surface area contributed by atoms with Crippen molar-refractivity contribution in [3.63, 3.8) is 0 Å². The Kier molecular flexibility index (Phi) is 4.37. The summed E-state index contributed by atoms with van der Waals surface area (Å²) in [6, 6.07) is 1.70. The molecule has 0 aliphatic rings. The molecule has 1 rings (SSSR count). The van der Waals surface area contributed by atoms with Crippen LogP contribution < -0.4 is 11.1 Å². The van der Waals surface area contributed by atoms with Crippen LogP contribution in [0.15, 0.2) is 15.0 Å². The molecule has 1 aromatic rings. The van der Waals surface area contributed by atoms with Crippen LogP contribution in [0.25, 0.3) is 0 Å². The van der Waals surface area contributed by atoms with Crippen LogP contribution in [0.2, 0.25) is 0 Å². The maximum Gasteiger partial charge on any atom is 0.413 e. The Morgan fingerprint density at radius 1 is 1.41 bits per heavy atom. The second-order valence-electron chi connectivity index (χ2n) is 4.31. The van der Waals surface area contributed by atoms with Gasteiger partial charge in [-0.15, -0.1) is 0 Å². The Morgan fingerprint density at radius 2 is 2.00 bits per heavy atom. The minimum atomic E-state index is -0.576. The molecule has 0 spiro atoms. The molecule has 0 aliphatic heterocycles. The lowest BCUT2D eigenvalue weighted by molar-refractivity contribution is 0.0635. The average molecular weight is 367 g/mol. The number of halogens is 2. The maximum absolute atomic E-state index is 11.5. The van der Waals surface area contributed by atoms with E-state index in [0.717, 1.165) is 0 Å². The molecule has 0 atom stereocenters. The van der Waals surface area contributed by atoms with E-state index >= 15 is 0 Å². The van der Waals surface area contributed by atoms with Crippen molar-refractivity contribution in [1.29, 1.82) is 0 Å². The largest absolute Gasteiger partial charge is 0.444 e. The molecule has 0 bridgehead atoms. The number of hydrogen-bond acceptors (Lipinski definition) is 4. The molecule has 1 heterocycles. The van der Waals surface area contributed by atoms with E-state index in [1.54, 1.807) is 26.8 Å². The van der Waals surface area contributed by atoms with E-state index in [0.29, 0.717) is 20.6 Å². The molecule has 0 fully saturated rings. The molecule has 3 N–H and O–H groups in total. The summed E-state index contributed by atoms with van der Waals surface area (Å²) >= 11 is 6.50. The molecule has 17 heavy (non-hydrogen) atoms. The predicted octanol–water partition coefficient (Wildman–Crippen LogP) is 3.54. The molecule has 0 saturated carbocycles. The number of hydrogen-bond donors (Lipinski definition) is 2. The Labute approximate surface area is 116 Å². The lowest BCUT2D eigenvalue weighted by Gasteiger charge is -2.19. The molecule has 0 unspecified atom stereocenters. The fourth-order valence-corrected chi connectivity index (χ4v) is 2.01. The van der Waals surface area contributed by atoms with E-state index in [-0.39, 0.29) is 0 Å². The summed E-state index contributed by atoms with van der Waals surface area (Å²) in [7, 11) is 0. The first kappa shape index (κ1) is 14.2. The first-order chi connectivity index (χ1) is 7.69. The van der Waals surface area contributed by atoms with Gasteiger partial charge in [0, 0.05) is 0 Å². The number of ether oxygens (including phenoxy) is 1. The molecule has 1 amide bonds. The van der Waals surface area contributed by atoms with Crippen molar-refractivity contribution in [2.45, 2.75) is 26.4 Å². The lowest BCUT2D eigenvalue weighted by atomic mass is 10.2. The molecular weight excluding hydrogens is 354 g/mol. The van der Waals surface area contributed by atoms with Crippen molar-refractivity contribution in [2.75, 3.05) is 11.1 Å². The Balaban J connectivity index is 2.82. The number of nitrogen functional groups attached to an aromatic ring is 1. The number of pyridine rings is 1. The molecular formula is C10H13Br2N3O2. The first-order valence-electron chi connectivity index (χ1n) is 4.80. The zero-order chi connectivity index (χ0) is 13.2. The van der Waals surface area contributed by atoms with Crippen LogP contribution in [-0.4, -0.2) is 16.7 Å². The van der Waals surface area contributed by atoms with Crippen LogP contribution in [0, 0.1) is 0 Å². The second kappa shape index (κ2) is 5.22. The number of carbonyl (C=O) groups excluding carboxylic acids is 1. The van der Waals surface area contributed by atoms with Gasteiger partial charge in [-0.3, -0.25) is 5.32 Å². The molecule has 0 radical (unpaired) electrons. The van der Waals surface area contributed by atoms with Crippen LogP contribution >= 0.6 is 31.9 Å². The SMILES string of the molecule is CC(C)(C)OC(=O)Nc1nc(N)c(Br)cc1Br. The molecule has 1 aromatic heterocycles. The summed E-state index contributed by atoms with van der Waals surface area (Å²) in [5.41, 5.74) is 5.06. The zero-order valence-corrected chi connectivity index (χ0v) is 12.8. The Bertz CT molecular complexity index is 444. The summed E-state index contributed by atoms with van der Waals surface area (Å²) in [6.45, 7) is 5.35. The highest BCUT2D eigenvalue weighted by Crippen LogP contribution is 2.28. The van der Waals surface area contributed by atoms with Gasteiger partial charge in [-0.25, -0.2) is 9.78 Å². The number of rotatable bonds is 1. The van der Waals surface area contributed by atoms with Gasteiger partial charge in [0.1, 0.15) is 11.4 Å². The van der Waals surface area contributed by atoms with Gasteiger partial charge >= 0.3 is 6.09 Å². The monoisotopic (exact) mass is 365 g/mol. The minimum Gasteiger partial charge on any atom is -0.444 e. The number of amides is 1. The number of nitrogens with zero attached hydrogens (tertiary/aromatic N) is 1. The van der Waals surface area contributed by atoms with Crippen molar-refractivity contribution in [2.24, 2.45) is 0 Å². The van der Waals surface area contributed by atoms with Crippen LogP contribution in [-0.2, 0) is 4.74 Å². The minimum absolute atomic E-state index is 0.291. The van der Waals surface area contributed by atoms with Gasteiger partial charge in [-0.2, -0.15) is 0 Å². The number of nitrogens with one attached hydrogen (secondary N) is 1. The van der Waals surface area contributed by atoms with Crippen LogP contribution in [0.1, 0.15) is 20.8 Å². The van der Waals surface area contributed by atoms with Gasteiger partial charge in [0.25, 0.3) is 0 Å². The van der Waals surface area contributed by atoms with Crippen LogP contribution in [0.4, 0.5) is 16.4 Å². The topological polar surface area (TPSA) is 77.2 Å². The van der Waals surface area contributed by atoms with Crippen molar-refractivity contribution in [1.82, 2.24) is 4.98 Å². The van der Waals surface area contributed by atoms with Crippen LogP contribution in [0.3, 0.4) is 0 Å². The van der Waals surface area contributed by atoms with E-state index in [4.69, 9.17) is 10.5 Å². The first-order valence-corrected chi connectivity index (χ1v) is 6.39. The van der Waals surface area contributed by atoms with Gasteiger partial charge in [-0.1, -0.05) is 0 Å². The highest BCUT2D eigenvalue weighted by Gasteiger charge is 2.18. The lowest BCUT2D eigenvalue weighted by Crippen LogP contribution is -2.27. The fraction of sp³-hybridized carbons (Fsp3) is 0.400. The number of anilines is 2. The summed E-state index contributed by atoms with van der Waals surface area (Å²) in [4.78, 5) is 15.5. The number of nitrogens with two attached hydrogens (primary N) is 1.